The lowest BCUT2D eigenvalue weighted by Crippen LogP contribution is -2.52. The minimum atomic E-state index is -1.05. The van der Waals surface area contributed by atoms with Crippen molar-refractivity contribution in [2.75, 3.05) is 26.2 Å². The van der Waals surface area contributed by atoms with Crippen molar-refractivity contribution >= 4 is 11.9 Å². The second kappa shape index (κ2) is 5.25. The first-order valence-electron chi connectivity index (χ1n) is 7.02. The van der Waals surface area contributed by atoms with Gasteiger partial charge in [0, 0.05) is 25.7 Å². The molecule has 1 N–H and O–H groups in total. The van der Waals surface area contributed by atoms with Crippen molar-refractivity contribution in [3.05, 3.63) is 35.4 Å². The van der Waals surface area contributed by atoms with E-state index in [0.717, 1.165) is 19.5 Å². The molecule has 0 aromatic heterocycles. The Balaban J connectivity index is 1.81. The van der Waals surface area contributed by atoms with Crippen LogP contribution in [0, 0.1) is 0 Å². The summed E-state index contributed by atoms with van der Waals surface area (Å²) in [6.45, 7) is 3.42. The van der Waals surface area contributed by atoms with Gasteiger partial charge in [-0.05, 0) is 31.5 Å². The minimum Gasteiger partial charge on any atom is -0.478 e. The third kappa shape index (κ3) is 2.29. The molecule has 5 nitrogen and oxygen atoms in total. The molecule has 1 unspecified atom stereocenters. The highest BCUT2D eigenvalue weighted by Crippen LogP contribution is 2.23. The minimum absolute atomic E-state index is 0.0892. The molecule has 1 amide bonds. The van der Waals surface area contributed by atoms with E-state index in [1.54, 1.807) is 23.1 Å². The molecule has 2 aliphatic heterocycles. The average molecular weight is 274 g/mol. The van der Waals surface area contributed by atoms with Crippen LogP contribution in [0.3, 0.4) is 0 Å². The quantitative estimate of drug-likeness (QED) is 0.883. The number of rotatable bonds is 2. The maximum atomic E-state index is 12.6. The Morgan fingerprint density at radius 3 is 2.60 bits per heavy atom. The fraction of sp³-hybridized carbons (Fsp3) is 0.467. The Morgan fingerprint density at radius 1 is 1.10 bits per heavy atom. The van der Waals surface area contributed by atoms with E-state index in [0.29, 0.717) is 24.7 Å². The molecule has 2 fully saturated rings. The van der Waals surface area contributed by atoms with Gasteiger partial charge in [0.1, 0.15) is 0 Å². The van der Waals surface area contributed by atoms with Crippen LogP contribution in [-0.4, -0.2) is 59.0 Å². The number of nitrogens with zero attached hydrogens (tertiary/aromatic N) is 2. The summed E-state index contributed by atoms with van der Waals surface area (Å²) in [6, 6.07) is 6.90. The Kier molecular flexibility index (Phi) is 3.44. The van der Waals surface area contributed by atoms with E-state index < -0.39 is 5.97 Å². The molecule has 20 heavy (non-hydrogen) atoms. The average Bonchev–Trinajstić information content (AvgIpc) is 2.93. The number of aromatic carboxylic acids is 1. The van der Waals surface area contributed by atoms with E-state index in [-0.39, 0.29) is 11.5 Å². The van der Waals surface area contributed by atoms with Crippen LogP contribution in [0.5, 0.6) is 0 Å². The molecule has 1 atom stereocenters. The topological polar surface area (TPSA) is 60.9 Å². The molecule has 106 valence electrons. The first-order valence-corrected chi connectivity index (χ1v) is 7.02. The highest BCUT2D eigenvalue weighted by Gasteiger charge is 2.33. The zero-order chi connectivity index (χ0) is 14.1. The number of piperazine rings is 1. The van der Waals surface area contributed by atoms with Gasteiger partial charge < -0.3 is 10.0 Å². The van der Waals surface area contributed by atoms with Crippen molar-refractivity contribution in [3.8, 4) is 0 Å². The smallest absolute Gasteiger partial charge is 0.336 e. The van der Waals surface area contributed by atoms with Crippen LogP contribution in [0.4, 0.5) is 0 Å². The summed E-state index contributed by atoms with van der Waals surface area (Å²) in [5.74, 6) is -1.21. The number of hydrogen-bond acceptors (Lipinski definition) is 3. The summed E-state index contributed by atoms with van der Waals surface area (Å²) in [5, 5.41) is 9.18. The fourth-order valence-electron chi connectivity index (χ4n) is 3.20. The molecule has 1 aromatic rings. The second-order valence-corrected chi connectivity index (χ2v) is 5.43. The molecule has 0 spiro atoms. The molecule has 5 heteroatoms. The van der Waals surface area contributed by atoms with Gasteiger partial charge in [-0.2, -0.15) is 0 Å². The summed E-state index contributed by atoms with van der Waals surface area (Å²) in [7, 11) is 0. The van der Waals surface area contributed by atoms with Crippen LogP contribution in [-0.2, 0) is 0 Å². The zero-order valence-electron chi connectivity index (χ0n) is 11.3. The van der Waals surface area contributed by atoms with Gasteiger partial charge in [0.15, 0.2) is 0 Å². The van der Waals surface area contributed by atoms with Crippen molar-refractivity contribution in [2.45, 2.75) is 18.9 Å². The molecule has 0 saturated carbocycles. The number of carboxylic acid groups (broad SMARTS) is 1. The van der Waals surface area contributed by atoms with Gasteiger partial charge in [0.25, 0.3) is 5.91 Å². The number of carbonyl (C=O) groups excluding carboxylic acids is 1. The van der Waals surface area contributed by atoms with Gasteiger partial charge in [0.05, 0.1) is 11.1 Å². The number of carbonyl (C=O) groups is 2. The van der Waals surface area contributed by atoms with Gasteiger partial charge in [-0.3, -0.25) is 9.69 Å². The van der Waals surface area contributed by atoms with E-state index in [2.05, 4.69) is 4.90 Å². The predicted octanol–water partition coefficient (Wildman–Crippen LogP) is 1.30. The van der Waals surface area contributed by atoms with Crippen LogP contribution in [0.25, 0.3) is 0 Å². The highest BCUT2D eigenvalue weighted by molar-refractivity contribution is 6.04. The number of hydrogen-bond donors (Lipinski definition) is 1. The second-order valence-electron chi connectivity index (χ2n) is 5.43. The highest BCUT2D eigenvalue weighted by atomic mass is 16.4. The van der Waals surface area contributed by atoms with Gasteiger partial charge in [0.2, 0.25) is 0 Å². The molecule has 0 aliphatic carbocycles. The SMILES string of the molecule is O=C(O)c1ccccc1C(=O)N1CCN2CCCC2C1. The molecule has 2 saturated heterocycles. The van der Waals surface area contributed by atoms with Crippen LogP contribution >= 0.6 is 0 Å². The Bertz CT molecular complexity index is 544. The number of amides is 1. The van der Waals surface area contributed by atoms with Crippen molar-refractivity contribution in [2.24, 2.45) is 0 Å². The number of carboxylic acids is 1. The lowest BCUT2D eigenvalue weighted by Gasteiger charge is -2.37. The van der Waals surface area contributed by atoms with E-state index in [4.69, 9.17) is 0 Å². The zero-order valence-corrected chi connectivity index (χ0v) is 11.3. The Hall–Kier alpha value is -1.88. The van der Waals surface area contributed by atoms with Crippen molar-refractivity contribution < 1.29 is 14.7 Å². The largest absolute Gasteiger partial charge is 0.478 e. The van der Waals surface area contributed by atoms with Crippen molar-refractivity contribution in [1.29, 1.82) is 0 Å². The fourth-order valence-corrected chi connectivity index (χ4v) is 3.20. The van der Waals surface area contributed by atoms with Gasteiger partial charge in [-0.25, -0.2) is 4.79 Å². The lowest BCUT2D eigenvalue weighted by atomic mass is 10.0. The summed E-state index contributed by atoms with van der Waals surface area (Å²) in [4.78, 5) is 28.0. The third-order valence-corrected chi connectivity index (χ3v) is 4.26. The summed E-state index contributed by atoms with van der Waals surface area (Å²) in [6.07, 6.45) is 2.32. The van der Waals surface area contributed by atoms with E-state index in [1.165, 1.54) is 12.5 Å². The van der Waals surface area contributed by atoms with Crippen LogP contribution < -0.4 is 0 Å². The monoisotopic (exact) mass is 274 g/mol. The molecule has 0 bridgehead atoms. The standard InChI is InChI=1S/C15H18N2O3/c18-14(12-5-1-2-6-13(12)15(19)20)17-9-8-16-7-3-4-11(16)10-17/h1-2,5-6,11H,3-4,7-10H2,(H,19,20). The lowest BCUT2D eigenvalue weighted by molar-refractivity contribution is 0.0559. The number of fused-ring (bicyclic) bond motifs is 1. The molecular formula is C15H18N2O3. The van der Waals surface area contributed by atoms with Gasteiger partial charge in [-0.1, -0.05) is 12.1 Å². The summed E-state index contributed by atoms with van der Waals surface area (Å²) >= 11 is 0. The number of benzene rings is 1. The van der Waals surface area contributed by atoms with Crippen LogP contribution in [0.15, 0.2) is 24.3 Å². The Labute approximate surface area is 117 Å². The van der Waals surface area contributed by atoms with Crippen LogP contribution in [0.2, 0.25) is 0 Å². The molecule has 2 heterocycles. The van der Waals surface area contributed by atoms with E-state index in [9.17, 15) is 14.7 Å². The molecule has 3 rings (SSSR count). The third-order valence-electron chi connectivity index (χ3n) is 4.26. The van der Waals surface area contributed by atoms with Gasteiger partial charge in [-0.15, -0.1) is 0 Å². The Morgan fingerprint density at radius 2 is 1.85 bits per heavy atom. The molecule has 2 aliphatic rings. The van der Waals surface area contributed by atoms with E-state index in [1.807, 2.05) is 0 Å². The molecule has 1 aromatic carbocycles. The van der Waals surface area contributed by atoms with Crippen molar-refractivity contribution in [3.63, 3.8) is 0 Å². The molecule has 0 radical (unpaired) electrons. The summed E-state index contributed by atoms with van der Waals surface area (Å²) < 4.78 is 0. The normalized spacial score (nSPS) is 22.6. The van der Waals surface area contributed by atoms with Gasteiger partial charge >= 0.3 is 5.97 Å². The maximum Gasteiger partial charge on any atom is 0.336 e. The first-order chi connectivity index (χ1) is 9.66. The maximum absolute atomic E-state index is 12.6. The first kappa shape index (κ1) is 13.1. The predicted molar refractivity (Wildman–Crippen MR) is 73.9 cm³/mol. The van der Waals surface area contributed by atoms with E-state index >= 15 is 0 Å². The summed E-state index contributed by atoms with van der Waals surface area (Å²) in [5.41, 5.74) is 0.387. The molecular weight excluding hydrogens is 256 g/mol. The van der Waals surface area contributed by atoms with Crippen LogP contribution in [0.1, 0.15) is 33.6 Å². The van der Waals surface area contributed by atoms with Crippen molar-refractivity contribution in [1.82, 2.24) is 9.80 Å².